The summed E-state index contributed by atoms with van der Waals surface area (Å²) in [5.41, 5.74) is 0. The van der Waals surface area contributed by atoms with E-state index < -0.39 is 0 Å². The molecule has 0 heterocycles. The van der Waals surface area contributed by atoms with Gasteiger partial charge in [0.2, 0.25) is 0 Å². The second kappa shape index (κ2) is 7.63. The highest BCUT2D eigenvalue weighted by Crippen LogP contribution is 2.16. The van der Waals surface area contributed by atoms with Crippen LogP contribution >= 0.6 is 0 Å². The average molecular weight is 154 g/mol. The first-order valence-corrected chi connectivity index (χ1v) is 4.32. The molecule has 0 amide bonds. The van der Waals surface area contributed by atoms with Crippen LogP contribution in [-0.4, -0.2) is 11.2 Å². The van der Waals surface area contributed by atoms with Crippen LogP contribution < -0.4 is 0 Å². The highest BCUT2D eigenvalue weighted by molar-refractivity contribution is 4.89. The molecule has 0 aromatic rings. The molecule has 0 aromatic heterocycles. The molecule has 1 rings (SSSR count). The Labute approximate surface area is 69.8 Å². The summed E-state index contributed by atoms with van der Waals surface area (Å²) in [6, 6.07) is 0. The van der Waals surface area contributed by atoms with Gasteiger partial charge < -0.3 is 5.11 Å². The molecule has 1 saturated carbocycles. The van der Waals surface area contributed by atoms with Gasteiger partial charge in [0, 0.05) is 0 Å². The Morgan fingerprint density at radius 2 is 1.45 bits per heavy atom. The predicted molar refractivity (Wildman–Crippen MR) is 48.2 cm³/mol. The molecule has 0 saturated heterocycles. The summed E-state index contributed by atoms with van der Waals surface area (Å²) in [7, 11) is 0. The Morgan fingerprint density at radius 3 is 1.64 bits per heavy atom. The largest absolute Gasteiger partial charge is 0.393 e. The van der Waals surface area contributed by atoms with Crippen molar-refractivity contribution in [3.8, 4) is 11.8 Å². The smallest absolute Gasteiger partial charge is 0.0540 e. The highest BCUT2D eigenvalue weighted by Gasteiger charge is 2.07. The van der Waals surface area contributed by atoms with Crippen molar-refractivity contribution in [2.24, 2.45) is 0 Å². The summed E-state index contributed by atoms with van der Waals surface area (Å²) in [5, 5.41) is 8.91. The first kappa shape index (κ1) is 10.5. The number of aliphatic hydroxyl groups excluding tert-OH is 1. The second-order valence-electron chi connectivity index (χ2n) is 2.79. The Morgan fingerprint density at radius 1 is 1.00 bits per heavy atom. The van der Waals surface area contributed by atoms with Crippen molar-refractivity contribution < 1.29 is 5.11 Å². The zero-order chi connectivity index (χ0) is 8.53. The summed E-state index contributed by atoms with van der Waals surface area (Å²) < 4.78 is 0. The molecule has 1 heteroatoms. The number of hydrogen-bond donors (Lipinski definition) is 1. The molecule has 0 aliphatic heterocycles. The minimum atomic E-state index is 0.0359. The standard InChI is InChI=1S/C6H12O.C4H6/c7-6-4-2-1-3-5-6;1-3-4-2/h6-7H,1-5H2;1-2H3. The van der Waals surface area contributed by atoms with Crippen LogP contribution in [0.1, 0.15) is 46.0 Å². The van der Waals surface area contributed by atoms with E-state index in [1.165, 1.54) is 19.3 Å². The van der Waals surface area contributed by atoms with Crippen molar-refractivity contribution in [1.82, 2.24) is 0 Å². The average Bonchev–Trinajstić information content (AvgIpc) is 2.07. The third kappa shape index (κ3) is 7.42. The molecule has 11 heavy (non-hydrogen) atoms. The molecule has 1 aliphatic carbocycles. The van der Waals surface area contributed by atoms with Crippen molar-refractivity contribution in [3.63, 3.8) is 0 Å². The highest BCUT2D eigenvalue weighted by atomic mass is 16.3. The van der Waals surface area contributed by atoms with E-state index in [0.29, 0.717) is 0 Å². The summed E-state index contributed by atoms with van der Waals surface area (Å²) >= 11 is 0. The number of rotatable bonds is 0. The molecule has 1 N–H and O–H groups in total. The lowest BCUT2D eigenvalue weighted by atomic mass is 9.98. The van der Waals surface area contributed by atoms with Crippen molar-refractivity contribution in [2.75, 3.05) is 0 Å². The van der Waals surface area contributed by atoms with Gasteiger partial charge in [-0.1, -0.05) is 19.3 Å². The lowest BCUT2D eigenvalue weighted by Crippen LogP contribution is -2.09. The second-order valence-corrected chi connectivity index (χ2v) is 2.79. The van der Waals surface area contributed by atoms with Crippen LogP contribution in [0.4, 0.5) is 0 Å². The van der Waals surface area contributed by atoms with Gasteiger partial charge in [-0.15, -0.1) is 11.8 Å². The zero-order valence-corrected chi connectivity index (χ0v) is 7.56. The van der Waals surface area contributed by atoms with E-state index in [2.05, 4.69) is 11.8 Å². The normalized spacial score (nSPS) is 17.4. The molecule has 1 nitrogen and oxygen atoms in total. The van der Waals surface area contributed by atoms with Gasteiger partial charge in [-0.05, 0) is 26.7 Å². The van der Waals surface area contributed by atoms with Crippen LogP contribution in [0.15, 0.2) is 0 Å². The Kier molecular flexibility index (Phi) is 7.29. The molecular weight excluding hydrogens is 136 g/mol. The Hall–Kier alpha value is -0.480. The fourth-order valence-corrected chi connectivity index (χ4v) is 1.08. The minimum Gasteiger partial charge on any atom is -0.393 e. The molecule has 64 valence electrons. The Bertz CT molecular complexity index is 118. The van der Waals surface area contributed by atoms with E-state index in [1.807, 2.05) is 13.8 Å². The van der Waals surface area contributed by atoms with E-state index in [0.717, 1.165) is 12.8 Å². The predicted octanol–water partition coefficient (Wildman–Crippen LogP) is 2.34. The maximum atomic E-state index is 8.91. The monoisotopic (exact) mass is 154 g/mol. The van der Waals surface area contributed by atoms with Gasteiger partial charge in [0.15, 0.2) is 0 Å². The number of hydrogen-bond acceptors (Lipinski definition) is 1. The third-order valence-electron chi connectivity index (χ3n) is 1.82. The zero-order valence-electron chi connectivity index (χ0n) is 7.56. The minimum absolute atomic E-state index is 0.0359. The summed E-state index contributed by atoms with van der Waals surface area (Å²) in [4.78, 5) is 0. The fourth-order valence-electron chi connectivity index (χ4n) is 1.08. The summed E-state index contributed by atoms with van der Waals surface area (Å²) in [5.74, 6) is 5.36. The molecule has 0 unspecified atom stereocenters. The topological polar surface area (TPSA) is 20.2 Å². The SMILES string of the molecule is CC#CC.OC1CCCCC1. The first-order valence-electron chi connectivity index (χ1n) is 4.32. The van der Waals surface area contributed by atoms with Crippen LogP contribution in [0.5, 0.6) is 0 Å². The van der Waals surface area contributed by atoms with Gasteiger partial charge in [-0.2, -0.15) is 0 Å². The molecule has 1 fully saturated rings. The van der Waals surface area contributed by atoms with Gasteiger partial charge in [-0.25, -0.2) is 0 Å². The van der Waals surface area contributed by atoms with Crippen molar-refractivity contribution in [2.45, 2.75) is 52.1 Å². The molecule has 0 aromatic carbocycles. The van der Waals surface area contributed by atoms with Crippen LogP contribution in [0.3, 0.4) is 0 Å². The summed E-state index contributed by atoms with van der Waals surface area (Å²) in [6.45, 7) is 3.64. The van der Waals surface area contributed by atoms with E-state index in [9.17, 15) is 0 Å². The molecule has 1 aliphatic rings. The maximum absolute atomic E-state index is 8.91. The van der Waals surface area contributed by atoms with Crippen molar-refractivity contribution in [1.29, 1.82) is 0 Å². The van der Waals surface area contributed by atoms with Crippen molar-refractivity contribution in [3.05, 3.63) is 0 Å². The molecule has 0 atom stereocenters. The van der Waals surface area contributed by atoms with Gasteiger partial charge in [-0.3, -0.25) is 0 Å². The van der Waals surface area contributed by atoms with Gasteiger partial charge in [0.05, 0.1) is 6.10 Å². The summed E-state index contributed by atoms with van der Waals surface area (Å²) in [6.07, 6.45) is 5.92. The molecule has 0 spiro atoms. The third-order valence-corrected chi connectivity index (χ3v) is 1.82. The first-order chi connectivity index (χ1) is 5.31. The van der Waals surface area contributed by atoms with Gasteiger partial charge in [0.25, 0.3) is 0 Å². The van der Waals surface area contributed by atoms with Crippen LogP contribution in [-0.2, 0) is 0 Å². The van der Waals surface area contributed by atoms with E-state index >= 15 is 0 Å². The van der Waals surface area contributed by atoms with Crippen LogP contribution in [0.25, 0.3) is 0 Å². The maximum Gasteiger partial charge on any atom is 0.0540 e. The number of aliphatic hydroxyl groups is 1. The lowest BCUT2D eigenvalue weighted by molar-refractivity contribution is 0.130. The van der Waals surface area contributed by atoms with E-state index in [1.54, 1.807) is 0 Å². The van der Waals surface area contributed by atoms with Gasteiger partial charge >= 0.3 is 0 Å². The van der Waals surface area contributed by atoms with Gasteiger partial charge in [0.1, 0.15) is 0 Å². The van der Waals surface area contributed by atoms with Crippen molar-refractivity contribution >= 4 is 0 Å². The lowest BCUT2D eigenvalue weighted by Gasteiger charge is -2.14. The molecular formula is C10H18O. The quantitative estimate of drug-likeness (QED) is 0.531. The fraction of sp³-hybridized carbons (Fsp3) is 0.800. The van der Waals surface area contributed by atoms with Crippen LogP contribution in [0.2, 0.25) is 0 Å². The van der Waals surface area contributed by atoms with Crippen LogP contribution in [0, 0.1) is 11.8 Å². The van der Waals surface area contributed by atoms with E-state index in [4.69, 9.17) is 5.11 Å². The Balaban J connectivity index is 0.000000218. The molecule has 0 radical (unpaired) electrons. The van der Waals surface area contributed by atoms with E-state index in [-0.39, 0.29) is 6.10 Å². The molecule has 0 bridgehead atoms.